The first-order chi connectivity index (χ1) is 10.3. The molecule has 0 radical (unpaired) electrons. The number of fused-ring (bicyclic) bond motifs is 1. The van der Waals surface area contributed by atoms with Gasteiger partial charge in [-0.3, -0.25) is 0 Å². The van der Waals surface area contributed by atoms with Crippen LogP contribution in [0.3, 0.4) is 0 Å². The van der Waals surface area contributed by atoms with Crippen molar-refractivity contribution >= 4 is 33.0 Å². The van der Waals surface area contributed by atoms with Crippen LogP contribution in [0.5, 0.6) is 5.75 Å². The third kappa shape index (κ3) is 3.21. The van der Waals surface area contributed by atoms with E-state index in [0.717, 1.165) is 5.75 Å². The average molecular weight is 318 g/mol. The van der Waals surface area contributed by atoms with Crippen LogP contribution in [0.4, 0.5) is 0 Å². The number of likely N-dealkylation sites (N-methyl/N-ethyl adjacent to an activating group) is 1. The summed E-state index contributed by atoms with van der Waals surface area (Å²) in [7, 11) is 1.96. The number of hydrogen-bond acceptors (Lipinski definition) is 3. The molecule has 1 heterocycles. The van der Waals surface area contributed by atoms with Gasteiger partial charge in [0.05, 0.1) is 6.04 Å². The molecule has 1 unspecified atom stereocenters. The minimum absolute atomic E-state index is 0.145. The minimum atomic E-state index is 0.145. The Labute approximate surface area is 133 Å². The zero-order chi connectivity index (χ0) is 14.7. The lowest BCUT2D eigenvalue weighted by Gasteiger charge is -2.18. The van der Waals surface area contributed by atoms with E-state index in [0.29, 0.717) is 11.6 Å². The molecule has 0 spiro atoms. The summed E-state index contributed by atoms with van der Waals surface area (Å²) in [6, 6.07) is 16.2. The quantitative estimate of drug-likeness (QED) is 0.723. The molecule has 108 valence electrons. The highest BCUT2D eigenvalue weighted by Gasteiger charge is 2.14. The summed E-state index contributed by atoms with van der Waals surface area (Å²) in [6.07, 6.45) is 0. The first kappa shape index (κ1) is 14.4. The SMILES string of the molecule is CNC(COc1cccc(Cl)c1)c1cccc2ccsc12. The second-order valence-corrected chi connectivity index (χ2v) is 6.15. The summed E-state index contributed by atoms with van der Waals surface area (Å²) in [5.41, 5.74) is 1.27. The van der Waals surface area contributed by atoms with Gasteiger partial charge < -0.3 is 10.1 Å². The molecule has 2 nitrogen and oxygen atoms in total. The van der Waals surface area contributed by atoms with E-state index in [9.17, 15) is 0 Å². The van der Waals surface area contributed by atoms with Crippen molar-refractivity contribution in [2.24, 2.45) is 0 Å². The second kappa shape index (κ2) is 6.48. The van der Waals surface area contributed by atoms with Gasteiger partial charge in [-0.1, -0.05) is 35.9 Å². The van der Waals surface area contributed by atoms with Gasteiger partial charge >= 0.3 is 0 Å². The first-order valence-electron chi connectivity index (χ1n) is 6.79. The maximum absolute atomic E-state index is 5.98. The maximum Gasteiger partial charge on any atom is 0.120 e. The highest BCUT2D eigenvalue weighted by molar-refractivity contribution is 7.17. The third-order valence-corrected chi connectivity index (χ3v) is 4.66. The smallest absolute Gasteiger partial charge is 0.120 e. The first-order valence-corrected chi connectivity index (χ1v) is 8.05. The van der Waals surface area contributed by atoms with E-state index in [4.69, 9.17) is 16.3 Å². The van der Waals surface area contributed by atoms with Crippen LogP contribution < -0.4 is 10.1 Å². The van der Waals surface area contributed by atoms with Crippen molar-refractivity contribution in [3.63, 3.8) is 0 Å². The molecule has 0 aliphatic heterocycles. The maximum atomic E-state index is 5.98. The Kier molecular flexibility index (Phi) is 4.44. The van der Waals surface area contributed by atoms with Crippen molar-refractivity contribution in [2.45, 2.75) is 6.04 Å². The number of ether oxygens (including phenoxy) is 1. The summed E-state index contributed by atoms with van der Waals surface area (Å²) >= 11 is 7.75. The summed E-state index contributed by atoms with van der Waals surface area (Å²) in [5.74, 6) is 0.793. The van der Waals surface area contributed by atoms with Gasteiger partial charge in [0, 0.05) is 9.72 Å². The Balaban J connectivity index is 1.80. The number of nitrogens with one attached hydrogen (secondary N) is 1. The summed E-state index contributed by atoms with van der Waals surface area (Å²) in [4.78, 5) is 0. The standard InChI is InChI=1S/C17H16ClNOS/c1-19-16(11-20-14-6-3-5-13(18)10-14)15-7-2-4-12-8-9-21-17(12)15/h2-10,16,19H,11H2,1H3. The molecule has 4 heteroatoms. The highest BCUT2D eigenvalue weighted by Crippen LogP contribution is 2.29. The van der Waals surface area contributed by atoms with Crippen LogP contribution in [-0.4, -0.2) is 13.7 Å². The molecule has 3 aromatic rings. The van der Waals surface area contributed by atoms with Crippen LogP contribution in [0.15, 0.2) is 53.9 Å². The fraction of sp³-hybridized carbons (Fsp3) is 0.176. The topological polar surface area (TPSA) is 21.3 Å². The van der Waals surface area contributed by atoms with Crippen LogP contribution >= 0.6 is 22.9 Å². The molecule has 1 N–H and O–H groups in total. The minimum Gasteiger partial charge on any atom is -0.492 e. The van der Waals surface area contributed by atoms with E-state index in [2.05, 4.69) is 35.0 Å². The Morgan fingerprint density at radius 2 is 2.05 bits per heavy atom. The zero-order valence-corrected chi connectivity index (χ0v) is 13.2. The van der Waals surface area contributed by atoms with Crippen LogP contribution in [0.1, 0.15) is 11.6 Å². The zero-order valence-electron chi connectivity index (χ0n) is 11.7. The van der Waals surface area contributed by atoms with Gasteiger partial charge in [0.15, 0.2) is 0 Å². The molecule has 21 heavy (non-hydrogen) atoms. The summed E-state index contributed by atoms with van der Waals surface area (Å²) < 4.78 is 7.19. The second-order valence-electron chi connectivity index (χ2n) is 4.80. The molecular formula is C17H16ClNOS. The average Bonchev–Trinajstić information content (AvgIpc) is 2.97. The molecule has 2 aromatic carbocycles. The molecule has 3 rings (SSSR count). The van der Waals surface area contributed by atoms with Crippen molar-refractivity contribution in [1.29, 1.82) is 0 Å². The number of halogens is 1. The predicted octanol–water partition coefficient (Wildman–Crippen LogP) is 4.89. The lowest BCUT2D eigenvalue weighted by atomic mass is 10.1. The Morgan fingerprint density at radius 3 is 2.86 bits per heavy atom. The number of thiophene rings is 1. The van der Waals surface area contributed by atoms with Gasteiger partial charge in [0.2, 0.25) is 0 Å². The molecule has 0 saturated carbocycles. The molecule has 0 bridgehead atoms. The van der Waals surface area contributed by atoms with Crippen LogP contribution in [0.2, 0.25) is 5.02 Å². The van der Waals surface area contributed by atoms with Crippen molar-refractivity contribution in [3.8, 4) is 5.75 Å². The van der Waals surface area contributed by atoms with E-state index in [1.165, 1.54) is 15.6 Å². The van der Waals surface area contributed by atoms with Crippen molar-refractivity contribution < 1.29 is 4.74 Å². The molecule has 1 aromatic heterocycles. The fourth-order valence-corrected chi connectivity index (χ4v) is 3.51. The highest BCUT2D eigenvalue weighted by atomic mass is 35.5. The summed E-state index contributed by atoms with van der Waals surface area (Å²) in [6.45, 7) is 0.563. The summed E-state index contributed by atoms with van der Waals surface area (Å²) in [5, 5.41) is 7.42. The monoisotopic (exact) mass is 317 g/mol. The van der Waals surface area contributed by atoms with Gasteiger partial charge in [-0.2, -0.15) is 0 Å². The van der Waals surface area contributed by atoms with Crippen molar-refractivity contribution in [1.82, 2.24) is 5.32 Å². The Morgan fingerprint density at radius 1 is 1.19 bits per heavy atom. The molecular weight excluding hydrogens is 302 g/mol. The van der Waals surface area contributed by atoms with Gasteiger partial charge in [-0.15, -0.1) is 11.3 Å². The van der Waals surface area contributed by atoms with E-state index in [-0.39, 0.29) is 6.04 Å². The molecule has 0 fully saturated rings. The van der Waals surface area contributed by atoms with Gasteiger partial charge in [0.25, 0.3) is 0 Å². The third-order valence-electron chi connectivity index (χ3n) is 3.45. The predicted molar refractivity (Wildman–Crippen MR) is 90.6 cm³/mol. The van der Waals surface area contributed by atoms with Crippen LogP contribution in [0, 0.1) is 0 Å². The van der Waals surface area contributed by atoms with Crippen molar-refractivity contribution in [3.05, 3.63) is 64.5 Å². The van der Waals surface area contributed by atoms with E-state index >= 15 is 0 Å². The number of hydrogen-bond donors (Lipinski definition) is 1. The molecule has 0 saturated heterocycles. The van der Waals surface area contributed by atoms with Gasteiger partial charge in [-0.25, -0.2) is 0 Å². The molecule has 0 aliphatic rings. The van der Waals surface area contributed by atoms with Crippen molar-refractivity contribution in [2.75, 3.05) is 13.7 Å². The molecule has 0 amide bonds. The van der Waals surface area contributed by atoms with Crippen LogP contribution in [0.25, 0.3) is 10.1 Å². The van der Waals surface area contributed by atoms with E-state index in [1.807, 2.05) is 31.3 Å². The van der Waals surface area contributed by atoms with E-state index < -0.39 is 0 Å². The van der Waals surface area contributed by atoms with Gasteiger partial charge in [0.1, 0.15) is 12.4 Å². The molecule has 1 atom stereocenters. The Bertz CT molecular complexity index is 740. The lowest BCUT2D eigenvalue weighted by molar-refractivity contribution is 0.274. The lowest BCUT2D eigenvalue weighted by Crippen LogP contribution is -2.23. The number of benzene rings is 2. The fourth-order valence-electron chi connectivity index (χ4n) is 2.36. The normalized spacial score (nSPS) is 12.5. The Hall–Kier alpha value is -1.55. The molecule has 0 aliphatic carbocycles. The van der Waals surface area contributed by atoms with Gasteiger partial charge in [-0.05, 0) is 47.6 Å². The number of rotatable bonds is 5. The largest absolute Gasteiger partial charge is 0.492 e. The van der Waals surface area contributed by atoms with E-state index in [1.54, 1.807) is 11.3 Å². The van der Waals surface area contributed by atoms with Crippen LogP contribution in [-0.2, 0) is 0 Å².